The molecule has 0 rings (SSSR count). The molecule has 0 aromatic rings. The van der Waals surface area contributed by atoms with Gasteiger partial charge in [-0.25, -0.2) is 4.79 Å². The number of unbranched alkanes of at least 4 members (excludes halogenated alkanes) is 1. The second kappa shape index (κ2) is 8.42. The summed E-state index contributed by atoms with van der Waals surface area (Å²) >= 11 is 15.6. The Morgan fingerprint density at radius 3 is 2.40 bits per heavy atom. The molecule has 7 heteroatoms. The Balaban J connectivity index is 3.28. The van der Waals surface area contributed by atoms with Gasteiger partial charge in [-0.15, -0.1) is 0 Å². The van der Waals surface area contributed by atoms with Gasteiger partial charge in [0.05, 0.1) is 6.61 Å². The van der Waals surface area contributed by atoms with Crippen molar-refractivity contribution in [2.45, 2.75) is 23.6 Å². The van der Waals surface area contributed by atoms with Crippen molar-refractivity contribution in [3.63, 3.8) is 0 Å². The van der Waals surface area contributed by atoms with E-state index in [0.29, 0.717) is 13.2 Å². The van der Waals surface area contributed by atoms with Gasteiger partial charge >= 0.3 is 5.97 Å². The summed E-state index contributed by atoms with van der Waals surface area (Å²) in [7, 11) is 0. The molecule has 0 unspecified atom stereocenters. The second-order valence-corrected chi connectivity index (χ2v) is 4.94. The number of ether oxygens (including phenoxy) is 1. The molecule has 0 aromatic heterocycles. The molecule has 0 atom stereocenters. The summed E-state index contributed by atoms with van der Waals surface area (Å²) in [6.07, 6.45) is 2.04. The van der Waals surface area contributed by atoms with Crippen LogP contribution in [0.1, 0.15) is 19.8 Å². The summed E-state index contributed by atoms with van der Waals surface area (Å²) < 4.78 is 3.02. The number of alkyl halides is 3. The first-order valence-electron chi connectivity index (χ1n) is 4.46. The third kappa shape index (κ3) is 9.20. The molecule has 0 bridgehead atoms. The highest BCUT2D eigenvalue weighted by atomic mass is 35.6. The van der Waals surface area contributed by atoms with E-state index < -0.39 is 9.76 Å². The van der Waals surface area contributed by atoms with Crippen LogP contribution >= 0.6 is 34.8 Å². The predicted octanol–water partition coefficient (Wildman–Crippen LogP) is 2.65. The van der Waals surface area contributed by atoms with Crippen LogP contribution in [0.4, 0.5) is 0 Å². The Labute approximate surface area is 104 Å². The average Bonchev–Trinajstić information content (AvgIpc) is 2.14. The van der Waals surface area contributed by atoms with Gasteiger partial charge in [0, 0.05) is 6.61 Å². The van der Waals surface area contributed by atoms with E-state index in [9.17, 15) is 4.79 Å². The molecule has 0 saturated heterocycles. The Hall–Kier alpha value is 0.260. The molecular formula is C8H13Cl3O4. The highest BCUT2D eigenvalue weighted by Crippen LogP contribution is 2.27. The molecule has 4 nitrogen and oxygen atoms in total. The molecule has 0 aromatic carbocycles. The SMILES string of the molecule is CCCCOCCOOC(=O)C(Cl)(Cl)Cl. The molecule has 0 aliphatic rings. The van der Waals surface area contributed by atoms with E-state index in [2.05, 4.69) is 16.7 Å². The number of rotatable bonds is 7. The molecular weight excluding hydrogens is 266 g/mol. The molecule has 90 valence electrons. The van der Waals surface area contributed by atoms with E-state index in [1.54, 1.807) is 0 Å². The molecule has 0 saturated carbocycles. The predicted molar refractivity (Wildman–Crippen MR) is 58.1 cm³/mol. The third-order valence-electron chi connectivity index (χ3n) is 1.32. The van der Waals surface area contributed by atoms with Crippen LogP contribution in [-0.4, -0.2) is 29.6 Å². The van der Waals surface area contributed by atoms with Crippen LogP contribution in [0.5, 0.6) is 0 Å². The topological polar surface area (TPSA) is 44.8 Å². The van der Waals surface area contributed by atoms with E-state index in [-0.39, 0.29) is 6.61 Å². The summed E-state index contributed by atoms with van der Waals surface area (Å²) in [6, 6.07) is 0. The zero-order valence-corrected chi connectivity index (χ0v) is 10.6. The fraction of sp³-hybridized carbons (Fsp3) is 0.875. The second-order valence-electron chi connectivity index (χ2n) is 2.66. The fourth-order valence-electron chi connectivity index (χ4n) is 0.584. The number of carbonyl (C=O) groups excluding carboxylic acids is 1. The lowest BCUT2D eigenvalue weighted by atomic mass is 10.4. The summed E-state index contributed by atoms with van der Waals surface area (Å²) in [5.41, 5.74) is 0. The standard InChI is InChI=1S/C8H13Cl3O4/c1-2-3-4-13-5-6-14-15-7(12)8(9,10)11/h2-6H2,1H3. The van der Waals surface area contributed by atoms with Crippen molar-refractivity contribution in [2.24, 2.45) is 0 Å². The van der Waals surface area contributed by atoms with Crippen LogP contribution in [0, 0.1) is 0 Å². The Morgan fingerprint density at radius 1 is 1.20 bits per heavy atom. The van der Waals surface area contributed by atoms with Gasteiger partial charge in [0.15, 0.2) is 0 Å². The van der Waals surface area contributed by atoms with Gasteiger partial charge < -0.3 is 4.74 Å². The summed E-state index contributed by atoms with van der Waals surface area (Å²) in [5.74, 6) is -1.07. The van der Waals surface area contributed by atoms with Crippen LogP contribution in [-0.2, 0) is 19.3 Å². The Morgan fingerprint density at radius 2 is 1.87 bits per heavy atom. The fourth-order valence-corrected chi connectivity index (χ4v) is 0.678. The molecule has 0 radical (unpaired) electrons. The summed E-state index contributed by atoms with van der Waals surface area (Å²) in [6.45, 7) is 3.14. The van der Waals surface area contributed by atoms with Crippen molar-refractivity contribution in [1.29, 1.82) is 0 Å². The quantitative estimate of drug-likeness (QED) is 0.311. The van der Waals surface area contributed by atoms with E-state index >= 15 is 0 Å². The molecule has 0 amide bonds. The molecule has 0 N–H and O–H groups in total. The maximum Gasteiger partial charge on any atom is 0.393 e. The lowest BCUT2D eigenvalue weighted by Gasteiger charge is -2.08. The van der Waals surface area contributed by atoms with E-state index in [4.69, 9.17) is 39.5 Å². The van der Waals surface area contributed by atoms with E-state index in [1.807, 2.05) is 0 Å². The van der Waals surface area contributed by atoms with Crippen molar-refractivity contribution >= 4 is 40.8 Å². The summed E-state index contributed by atoms with van der Waals surface area (Å²) in [5, 5.41) is 0. The van der Waals surface area contributed by atoms with Crippen LogP contribution in [0.2, 0.25) is 0 Å². The van der Waals surface area contributed by atoms with Gasteiger partial charge in [-0.2, -0.15) is 4.89 Å². The highest BCUT2D eigenvalue weighted by Gasteiger charge is 2.33. The monoisotopic (exact) mass is 278 g/mol. The molecule has 0 aliphatic heterocycles. The minimum absolute atomic E-state index is 0.107. The normalized spacial score (nSPS) is 11.5. The van der Waals surface area contributed by atoms with Crippen molar-refractivity contribution in [3.05, 3.63) is 0 Å². The van der Waals surface area contributed by atoms with Gasteiger partial charge in [0.2, 0.25) is 0 Å². The average molecular weight is 280 g/mol. The van der Waals surface area contributed by atoms with Crippen LogP contribution in [0.25, 0.3) is 0 Å². The lowest BCUT2D eigenvalue weighted by molar-refractivity contribution is -0.275. The van der Waals surface area contributed by atoms with Crippen LogP contribution < -0.4 is 0 Å². The Kier molecular flexibility index (Phi) is 8.56. The van der Waals surface area contributed by atoms with Crippen molar-refractivity contribution in [2.75, 3.05) is 19.8 Å². The maximum absolute atomic E-state index is 10.8. The minimum Gasteiger partial charge on any atom is -0.379 e. The van der Waals surface area contributed by atoms with Crippen molar-refractivity contribution < 1.29 is 19.3 Å². The maximum atomic E-state index is 10.8. The molecule has 0 fully saturated rings. The first-order chi connectivity index (χ1) is 6.98. The number of halogens is 3. The molecule has 0 heterocycles. The zero-order chi connectivity index (χ0) is 11.7. The molecule has 15 heavy (non-hydrogen) atoms. The number of hydrogen-bond donors (Lipinski definition) is 0. The van der Waals surface area contributed by atoms with E-state index in [0.717, 1.165) is 12.8 Å². The molecule has 0 spiro atoms. The van der Waals surface area contributed by atoms with Gasteiger partial charge in [-0.1, -0.05) is 48.1 Å². The van der Waals surface area contributed by atoms with Gasteiger partial charge in [0.1, 0.15) is 6.61 Å². The van der Waals surface area contributed by atoms with Crippen LogP contribution in [0.15, 0.2) is 0 Å². The van der Waals surface area contributed by atoms with Crippen molar-refractivity contribution in [3.8, 4) is 0 Å². The third-order valence-corrected chi connectivity index (χ3v) is 1.78. The zero-order valence-electron chi connectivity index (χ0n) is 8.30. The van der Waals surface area contributed by atoms with Gasteiger partial charge in [-0.3, -0.25) is 4.89 Å². The first-order valence-corrected chi connectivity index (χ1v) is 5.60. The van der Waals surface area contributed by atoms with Crippen molar-refractivity contribution in [1.82, 2.24) is 0 Å². The number of carbonyl (C=O) groups is 1. The largest absolute Gasteiger partial charge is 0.393 e. The highest BCUT2D eigenvalue weighted by molar-refractivity contribution is 6.75. The van der Waals surface area contributed by atoms with E-state index in [1.165, 1.54) is 0 Å². The Bertz CT molecular complexity index is 181. The summed E-state index contributed by atoms with van der Waals surface area (Å²) in [4.78, 5) is 19.5. The van der Waals surface area contributed by atoms with Gasteiger partial charge in [0.25, 0.3) is 3.79 Å². The smallest absolute Gasteiger partial charge is 0.379 e. The molecule has 0 aliphatic carbocycles. The number of hydrogen-bond acceptors (Lipinski definition) is 4. The lowest BCUT2D eigenvalue weighted by Crippen LogP contribution is -2.22. The van der Waals surface area contributed by atoms with Gasteiger partial charge in [-0.05, 0) is 6.42 Å². The van der Waals surface area contributed by atoms with Crippen LogP contribution in [0.3, 0.4) is 0 Å². The first kappa shape index (κ1) is 15.3. The minimum atomic E-state index is -2.11.